The fourth-order valence-corrected chi connectivity index (χ4v) is 2.70. The lowest BCUT2D eigenvalue weighted by Gasteiger charge is -2.04. The summed E-state index contributed by atoms with van der Waals surface area (Å²) >= 11 is 0. The van der Waals surface area contributed by atoms with E-state index in [1.54, 1.807) is 24.5 Å². The topological polar surface area (TPSA) is 94.4 Å². The number of aromatic nitrogens is 4. The van der Waals surface area contributed by atoms with Crippen molar-refractivity contribution in [1.82, 2.24) is 24.5 Å². The number of carbonyl (C=O) groups excluding carboxylic acids is 1. The molecule has 4 aromatic rings. The maximum atomic E-state index is 12.2. The molecule has 0 unspecified atom stereocenters. The summed E-state index contributed by atoms with van der Waals surface area (Å²) in [5.41, 5.74) is 3.14. The summed E-state index contributed by atoms with van der Waals surface area (Å²) in [6.45, 7) is 2.52. The lowest BCUT2D eigenvalue weighted by molar-refractivity contribution is 0.0947. The largest absolute Gasteiger partial charge is 0.420 e. The highest BCUT2D eigenvalue weighted by Gasteiger charge is 2.12. The zero-order valence-electron chi connectivity index (χ0n) is 13.5. The van der Waals surface area contributed by atoms with Gasteiger partial charge in [-0.1, -0.05) is 6.07 Å². The average molecular weight is 337 g/mol. The van der Waals surface area contributed by atoms with E-state index in [4.69, 9.17) is 4.42 Å². The summed E-state index contributed by atoms with van der Waals surface area (Å²) in [5.74, 6) is -0.756. The maximum Gasteiger partial charge on any atom is 0.420 e. The Labute approximate surface area is 141 Å². The first-order valence-corrected chi connectivity index (χ1v) is 7.80. The van der Waals surface area contributed by atoms with Gasteiger partial charge in [0.25, 0.3) is 5.91 Å². The Morgan fingerprint density at radius 2 is 2.20 bits per heavy atom. The van der Waals surface area contributed by atoms with Crippen LogP contribution in [0.4, 0.5) is 0 Å². The van der Waals surface area contributed by atoms with Crippen LogP contribution in [0, 0.1) is 6.92 Å². The Balaban J connectivity index is 1.48. The lowest BCUT2D eigenvalue weighted by Crippen LogP contribution is -2.29. The van der Waals surface area contributed by atoms with Crippen molar-refractivity contribution in [3.8, 4) is 0 Å². The van der Waals surface area contributed by atoms with E-state index >= 15 is 0 Å². The molecule has 4 rings (SSSR count). The van der Waals surface area contributed by atoms with Crippen LogP contribution in [-0.2, 0) is 6.54 Å². The predicted octanol–water partition coefficient (Wildman–Crippen LogP) is 1.38. The fourth-order valence-electron chi connectivity index (χ4n) is 2.70. The second kappa shape index (κ2) is 5.90. The minimum Gasteiger partial charge on any atom is -0.408 e. The SMILES string of the molecule is Cc1ccc2c(c1)oc(=O)n2CCNC(=O)c1cc2ncccn2n1. The summed E-state index contributed by atoms with van der Waals surface area (Å²) in [5, 5.41) is 6.92. The molecule has 0 aliphatic heterocycles. The van der Waals surface area contributed by atoms with E-state index in [9.17, 15) is 9.59 Å². The third-order valence-corrected chi connectivity index (χ3v) is 3.91. The van der Waals surface area contributed by atoms with Gasteiger partial charge in [0.1, 0.15) is 0 Å². The van der Waals surface area contributed by atoms with E-state index in [0.29, 0.717) is 23.3 Å². The highest BCUT2D eigenvalue weighted by atomic mass is 16.4. The Morgan fingerprint density at radius 3 is 3.04 bits per heavy atom. The first-order chi connectivity index (χ1) is 12.1. The highest BCUT2D eigenvalue weighted by molar-refractivity contribution is 5.93. The van der Waals surface area contributed by atoms with Gasteiger partial charge in [-0.3, -0.25) is 9.36 Å². The molecule has 0 saturated carbocycles. The van der Waals surface area contributed by atoms with Crippen molar-refractivity contribution in [2.45, 2.75) is 13.5 Å². The summed E-state index contributed by atoms with van der Waals surface area (Å²) < 4.78 is 8.27. The molecule has 1 amide bonds. The van der Waals surface area contributed by atoms with Gasteiger partial charge in [0.05, 0.1) is 5.52 Å². The van der Waals surface area contributed by atoms with Crippen molar-refractivity contribution in [3.63, 3.8) is 0 Å². The van der Waals surface area contributed by atoms with Crippen molar-refractivity contribution in [1.29, 1.82) is 0 Å². The molecular weight excluding hydrogens is 322 g/mol. The molecule has 0 bridgehead atoms. The number of rotatable bonds is 4. The second-order valence-electron chi connectivity index (χ2n) is 5.70. The molecule has 0 aliphatic rings. The zero-order chi connectivity index (χ0) is 17.4. The Bertz CT molecular complexity index is 1110. The maximum absolute atomic E-state index is 12.2. The fraction of sp³-hybridized carbons (Fsp3) is 0.176. The average Bonchev–Trinajstić information content (AvgIpc) is 3.15. The van der Waals surface area contributed by atoms with E-state index < -0.39 is 5.76 Å². The van der Waals surface area contributed by atoms with E-state index in [2.05, 4.69) is 15.4 Å². The van der Waals surface area contributed by atoms with E-state index in [0.717, 1.165) is 5.56 Å². The molecule has 0 aliphatic carbocycles. The van der Waals surface area contributed by atoms with Crippen LogP contribution in [0.3, 0.4) is 0 Å². The van der Waals surface area contributed by atoms with Gasteiger partial charge in [-0.2, -0.15) is 5.10 Å². The van der Waals surface area contributed by atoms with E-state index in [-0.39, 0.29) is 18.1 Å². The predicted molar refractivity (Wildman–Crippen MR) is 90.5 cm³/mol. The molecule has 0 atom stereocenters. The van der Waals surface area contributed by atoms with Gasteiger partial charge < -0.3 is 9.73 Å². The van der Waals surface area contributed by atoms with Crippen LogP contribution in [0.25, 0.3) is 16.7 Å². The normalized spacial score (nSPS) is 11.2. The van der Waals surface area contributed by atoms with Crippen molar-refractivity contribution >= 4 is 22.7 Å². The molecule has 3 aromatic heterocycles. The molecule has 8 nitrogen and oxygen atoms in total. The van der Waals surface area contributed by atoms with Crippen LogP contribution in [0.2, 0.25) is 0 Å². The number of hydrogen-bond donors (Lipinski definition) is 1. The zero-order valence-corrected chi connectivity index (χ0v) is 13.5. The minimum absolute atomic E-state index is 0.277. The van der Waals surface area contributed by atoms with Gasteiger partial charge >= 0.3 is 5.76 Å². The van der Waals surface area contributed by atoms with Crippen LogP contribution >= 0.6 is 0 Å². The van der Waals surface area contributed by atoms with Crippen molar-refractivity contribution in [3.05, 3.63) is 64.5 Å². The molecule has 0 spiro atoms. The number of nitrogens with zero attached hydrogens (tertiary/aromatic N) is 4. The van der Waals surface area contributed by atoms with Crippen molar-refractivity contribution in [2.24, 2.45) is 0 Å². The smallest absolute Gasteiger partial charge is 0.408 e. The van der Waals surface area contributed by atoms with Gasteiger partial charge in [0.15, 0.2) is 16.9 Å². The van der Waals surface area contributed by atoms with Gasteiger partial charge in [-0.25, -0.2) is 14.3 Å². The van der Waals surface area contributed by atoms with E-state index in [1.807, 2.05) is 25.1 Å². The Hall–Kier alpha value is -3.42. The third-order valence-electron chi connectivity index (χ3n) is 3.91. The quantitative estimate of drug-likeness (QED) is 0.607. The number of nitrogens with one attached hydrogen (secondary N) is 1. The van der Waals surface area contributed by atoms with Crippen molar-refractivity contribution in [2.75, 3.05) is 6.54 Å². The molecule has 126 valence electrons. The molecule has 1 aromatic carbocycles. The van der Waals surface area contributed by atoms with Crippen LogP contribution in [0.5, 0.6) is 0 Å². The number of hydrogen-bond acceptors (Lipinski definition) is 5. The number of benzene rings is 1. The summed E-state index contributed by atoms with van der Waals surface area (Å²) in [6.07, 6.45) is 3.36. The molecule has 1 N–H and O–H groups in total. The molecule has 0 radical (unpaired) electrons. The standard InChI is InChI=1S/C17H15N5O3/c1-11-3-4-13-14(9-11)25-17(24)21(13)8-6-19-16(23)12-10-15-18-5-2-7-22(15)20-12/h2-5,7,9-10H,6,8H2,1H3,(H,19,23). The van der Waals surface area contributed by atoms with Gasteiger partial charge in [0.2, 0.25) is 0 Å². The number of carbonyl (C=O) groups is 1. The molecule has 0 saturated heterocycles. The number of fused-ring (bicyclic) bond motifs is 2. The lowest BCUT2D eigenvalue weighted by atomic mass is 10.2. The Kier molecular flexibility index (Phi) is 3.57. The molecule has 0 fully saturated rings. The van der Waals surface area contributed by atoms with Crippen LogP contribution in [0.15, 0.2) is 51.9 Å². The van der Waals surface area contributed by atoms with Crippen molar-refractivity contribution < 1.29 is 9.21 Å². The first-order valence-electron chi connectivity index (χ1n) is 7.80. The number of aryl methyl sites for hydroxylation is 1. The van der Waals surface area contributed by atoms with Gasteiger partial charge in [0, 0.05) is 31.5 Å². The monoisotopic (exact) mass is 337 g/mol. The van der Waals surface area contributed by atoms with Gasteiger partial charge in [-0.05, 0) is 30.7 Å². The number of amides is 1. The van der Waals surface area contributed by atoms with E-state index in [1.165, 1.54) is 9.08 Å². The summed E-state index contributed by atoms with van der Waals surface area (Å²) in [4.78, 5) is 28.3. The number of oxazole rings is 1. The Morgan fingerprint density at radius 1 is 1.32 bits per heavy atom. The molecule has 25 heavy (non-hydrogen) atoms. The summed E-state index contributed by atoms with van der Waals surface area (Å²) in [7, 11) is 0. The van der Waals surface area contributed by atoms with Crippen LogP contribution in [-0.4, -0.2) is 31.6 Å². The molecule has 3 heterocycles. The van der Waals surface area contributed by atoms with Crippen LogP contribution in [0.1, 0.15) is 16.1 Å². The molecule has 8 heteroatoms. The summed E-state index contributed by atoms with van der Waals surface area (Å²) in [6, 6.07) is 8.91. The van der Waals surface area contributed by atoms with Crippen LogP contribution < -0.4 is 11.1 Å². The third kappa shape index (κ3) is 2.78. The second-order valence-corrected chi connectivity index (χ2v) is 5.70. The minimum atomic E-state index is -0.438. The molecular formula is C17H15N5O3. The van der Waals surface area contributed by atoms with Gasteiger partial charge in [-0.15, -0.1) is 0 Å². The highest BCUT2D eigenvalue weighted by Crippen LogP contribution is 2.14. The first kappa shape index (κ1) is 15.1.